The number of benzene rings is 1. The van der Waals surface area contributed by atoms with Gasteiger partial charge in [-0.05, 0) is 37.5 Å². The van der Waals surface area contributed by atoms with Gasteiger partial charge in [0.05, 0.1) is 24.4 Å². The van der Waals surface area contributed by atoms with Crippen LogP contribution in [0.1, 0.15) is 29.8 Å². The Morgan fingerprint density at radius 3 is 2.91 bits per heavy atom. The highest BCUT2D eigenvalue weighted by atomic mass is 16.6. The number of ether oxygens (including phenoxy) is 2. The van der Waals surface area contributed by atoms with Gasteiger partial charge in [-0.3, -0.25) is 0 Å². The van der Waals surface area contributed by atoms with E-state index in [0.29, 0.717) is 19.7 Å². The molecule has 1 unspecified atom stereocenters. The minimum atomic E-state index is -0.287. The molecule has 1 amide bonds. The first-order valence-corrected chi connectivity index (χ1v) is 7.98. The van der Waals surface area contributed by atoms with E-state index in [1.165, 1.54) is 11.1 Å². The second-order valence-electron chi connectivity index (χ2n) is 5.74. The number of carbonyl (C=O) groups is 1. The molecule has 3 rings (SSSR count). The SMILES string of the molecule is CCOC(=O)N1CCc2c(nc3ccccc3c2C)C(OC)C1. The molecule has 0 N–H and O–H groups in total. The molecular weight excluding hydrogens is 292 g/mol. The van der Waals surface area contributed by atoms with Gasteiger partial charge in [0.2, 0.25) is 0 Å². The van der Waals surface area contributed by atoms with E-state index in [9.17, 15) is 4.79 Å². The molecule has 0 radical (unpaired) electrons. The van der Waals surface area contributed by atoms with Crippen molar-refractivity contribution < 1.29 is 14.3 Å². The number of carbonyl (C=O) groups excluding carboxylic acids is 1. The molecule has 1 aromatic heterocycles. The van der Waals surface area contributed by atoms with Crippen LogP contribution >= 0.6 is 0 Å². The number of rotatable bonds is 2. The van der Waals surface area contributed by atoms with Crippen molar-refractivity contribution in [2.45, 2.75) is 26.4 Å². The molecule has 5 heteroatoms. The Morgan fingerprint density at radius 1 is 1.39 bits per heavy atom. The minimum absolute atomic E-state index is 0.236. The summed E-state index contributed by atoms with van der Waals surface area (Å²) < 4.78 is 10.8. The first-order valence-electron chi connectivity index (χ1n) is 7.98. The molecule has 1 aliphatic rings. The molecule has 0 spiro atoms. The van der Waals surface area contributed by atoms with Gasteiger partial charge in [0.25, 0.3) is 0 Å². The zero-order valence-electron chi connectivity index (χ0n) is 13.8. The van der Waals surface area contributed by atoms with Crippen molar-refractivity contribution >= 4 is 17.0 Å². The average Bonchev–Trinajstić information content (AvgIpc) is 2.75. The van der Waals surface area contributed by atoms with Crippen LogP contribution in [0.2, 0.25) is 0 Å². The molecule has 5 nitrogen and oxygen atoms in total. The van der Waals surface area contributed by atoms with Gasteiger partial charge in [0.15, 0.2) is 0 Å². The number of amides is 1. The fraction of sp³-hybridized carbons (Fsp3) is 0.444. The Kier molecular flexibility index (Phi) is 4.48. The summed E-state index contributed by atoms with van der Waals surface area (Å²) in [6.07, 6.45) is 0.238. The molecule has 1 aliphatic heterocycles. The van der Waals surface area contributed by atoms with Crippen molar-refractivity contribution in [2.75, 3.05) is 26.8 Å². The molecule has 122 valence electrons. The highest BCUT2D eigenvalue weighted by Gasteiger charge is 2.29. The van der Waals surface area contributed by atoms with Crippen LogP contribution in [0.5, 0.6) is 0 Å². The third-order valence-corrected chi connectivity index (χ3v) is 4.44. The maximum Gasteiger partial charge on any atom is 0.409 e. The number of methoxy groups -OCH3 is 1. The van der Waals surface area contributed by atoms with E-state index < -0.39 is 0 Å². The van der Waals surface area contributed by atoms with Crippen LogP contribution in [0.15, 0.2) is 24.3 Å². The zero-order chi connectivity index (χ0) is 16.4. The summed E-state index contributed by atoms with van der Waals surface area (Å²) in [6, 6.07) is 8.13. The third-order valence-electron chi connectivity index (χ3n) is 4.44. The number of nitrogens with zero attached hydrogens (tertiary/aromatic N) is 2. The van der Waals surface area contributed by atoms with Gasteiger partial charge in [-0.1, -0.05) is 18.2 Å². The first kappa shape index (κ1) is 15.7. The molecule has 0 saturated heterocycles. The molecule has 1 aromatic carbocycles. The van der Waals surface area contributed by atoms with Gasteiger partial charge in [0, 0.05) is 19.0 Å². The molecule has 1 atom stereocenters. The molecule has 0 saturated carbocycles. The number of para-hydroxylation sites is 1. The quantitative estimate of drug-likeness (QED) is 0.854. The van der Waals surface area contributed by atoms with E-state index in [-0.39, 0.29) is 12.2 Å². The standard InChI is InChI=1S/C18H22N2O3/c1-4-23-18(21)20-10-9-14-12(2)13-7-5-6-8-15(13)19-17(14)16(11-20)22-3/h5-8,16H,4,9-11H2,1-3H3. The number of hydrogen-bond donors (Lipinski definition) is 0. The van der Waals surface area contributed by atoms with Gasteiger partial charge in [0.1, 0.15) is 6.10 Å². The van der Waals surface area contributed by atoms with Gasteiger partial charge >= 0.3 is 6.09 Å². The molecule has 23 heavy (non-hydrogen) atoms. The lowest BCUT2D eigenvalue weighted by atomic mass is 9.98. The predicted molar refractivity (Wildman–Crippen MR) is 88.5 cm³/mol. The number of hydrogen-bond acceptors (Lipinski definition) is 4. The Bertz CT molecular complexity index is 730. The first-order chi connectivity index (χ1) is 11.2. The second-order valence-corrected chi connectivity index (χ2v) is 5.74. The summed E-state index contributed by atoms with van der Waals surface area (Å²) in [6.45, 7) is 5.40. The highest BCUT2D eigenvalue weighted by Crippen LogP contribution is 2.31. The van der Waals surface area contributed by atoms with Crippen molar-refractivity contribution in [3.05, 3.63) is 41.1 Å². The number of pyridine rings is 1. The maximum atomic E-state index is 12.1. The Labute approximate surface area is 136 Å². The lowest BCUT2D eigenvalue weighted by molar-refractivity contribution is 0.0531. The molecule has 0 fully saturated rings. The maximum absolute atomic E-state index is 12.1. The van der Waals surface area contributed by atoms with Crippen LogP contribution in [0.4, 0.5) is 4.79 Å². The summed E-state index contributed by atoms with van der Waals surface area (Å²) >= 11 is 0. The molecule has 2 heterocycles. The van der Waals surface area contributed by atoms with Crippen LogP contribution in [-0.2, 0) is 15.9 Å². The predicted octanol–water partition coefficient (Wildman–Crippen LogP) is 3.25. The van der Waals surface area contributed by atoms with Crippen LogP contribution in [-0.4, -0.2) is 42.8 Å². The van der Waals surface area contributed by atoms with Crippen LogP contribution in [0.3, 0.4) is 0 Å². The average molecular weight is 314 g/mol. The summed E-state index contributed by atoms with van der Waals surface area (Å²) in [5, 5.41) is 1.16. The number of aromatic nitrogens is 1. The van der Waals surface area contributed by atoms with Crippen LogP contribution in [0.25, 0.3) is 10.9 Å². The van der Waals surface area contributed by atoms with E-state index in [0.717, 1.165) is 23.0 Å². The molecule has 0 aliphatic carbocycles. The van der Waals surface area contributed by atoms with E-state index in [1.807, 2.05) is 25.1 Å². The van der Waals surface area contributed by atoms with Crippen LogP contribution in [0, 0.1) is 6.92 Å². The lowest BCUT2D eigenvalue weighted by Crippen LogP contribution is -2.35. The largest absolute Gasteiger partial charge is 0.450 e. The van der Waals surface area contributed by atoms with Gasteiger partial charge in [-0.2, -0.15) is 0 Å². The van der Waals surface area contributed by atoms with E-state index >= 15 is 0 Å². The van der Waals surface area contributed by atoms with E-state index in [1.54, 1.807) is 12.0 Å². The summed E-state index contributed by atoms with van der Waals surface area (Å²) in [7, 11) is 1.66. The van der Waals surface area contributed by atoms with Crippen molar-refractivity contribution in [3.63, 3.8) is 0 Å². The highest BCUT2D eigenvalue weighted by molar-refractivity contribution is 5.83. The Balaban J connectivity index is 2.05. The summed E-state index contributed by atoms with van der Waals surface area (Å²) in [5.41, 5.74) is 4.31. The Hall–Kier alpha value is -2.14. The normalized spacial score (nSPS) is 17.7. The van der Waals surface area contributed by atoms with Gasteiger partial charge in [-0.25, -0.2) is 9.78 Å². The second kappa shape index (κ2) is 6.54. The third kappa shape index (κ3) is 2.88. The summed E-state index contributed by atoms with van der Waals surface area (Å²) in [4.78, 5) is 18.6. The van der Waals surface area contributed by atoms with Crippen molar-refractivity contribution in [1.29, 1.82) is 0 Å². The van der Waals surface area contributed by atoms with Gasteiger partial charge in [-0.15, -0.1) is 0 Å². The fourth-order valence-corrected chi connectivity index (χ4v) is 3.21. The smallest absolute Gasteiger partial charge is 0.409 e. The fourth-order valence-electron chi connectivity index (χ4n) is 3.21. The zero-order valence-corrected chi connectivity index (χ0v) is 13.8. The lowest BCUT2D eigenvalue weighted by Gasteiger charge is -2.23. The Morgan fingerprint density at radius 2 is 2.17 bits per heavy atom. The van der Waals surface area contributed by atoms with Gasteiger partial charge < -0.3 is 14.4 Å². The topological polar surface area (TPSA) is 51.7 Å². The van der Waals surface area contributed by atoms with Crippen LogP contribution < -0.4 is 0 Å². The van der Waals surface area contributed by atoms with Crippen molar-refractivity contribution in [1.82, 2.24) is 9.88 Å². The number of aryl methyl sites for hydroxylation is 1. The number of fused-ring (bicyclic) bond motifs is 2. The van der Waals surface area contributed by atoms with E-state index in [4.69, 9.17) is 14.5 Å². The van der Waals surface area contributed by atoms with E-state index in [2.05, 4.69) is 13.0 Å². The molecule has 2 aromatic rings. The van der Waals surface area contributed by atoms with Crippen molar-refractivity contribution in [3.8, 4) is 0 Å². The monoisotopic (exact) mass is 314 g/mol. The molecular formula is C18H22N2O3. The minimum Gasteiger partial charge on any atom is -0.450 e. The molecule has 0 bridgehead atoms. The van der Waals surface area contributed by atoms with Crippen molar-refractivity contribution in [2.24, 2.45) is 0 Å². The summed E-state index contributed by atoms with van der Waals surface area (Å²) in [5.74, 6) is 0.